The van der Waals surface area contributed by atoms with Crippen LogP contribution in [-0.4, -0.2) is 13.2 Å². The maximum absolute atomic E-state index is 6.27. The zero-order valence-corrected chi connectivity index (χ0v) is 15.4. The van der Waals surface area contributed by atoms with Gasteiger partial charge in [-0.25, -0.2) is 0 Å². The van der Waals surface area contributed by atoms with E-state index in [0.29, 0.717) is 24.5 Å². The van der Waals surface area contributed by atoms with Gasteiger partial charge in [0.05, 0.1) is 0 Å². The van der Waals surface area contributed by atoms with Crippen molar-refractivity contribution in [2.45, 2.75) is 59.7 Å². The quantitative estimate of drug-likeness (QED) is 0.431. The van der Waals surface area contributed by atoms with Crippen molar-refractivity contribution in [2.24, 2.45) is 11.3 Å². The molecule has 2 rings (SSSR count). The Bertz CT molecular complexity index is 510. The first-order chi connectivity index (χ1) is 11.0. The molecule has 128 valence electrons. The lowest BCUT2D eigenvalue weighted by Crippen LogP contribution is -2.37. The largest absolute Gasteiger partial charge is 0.346 e. The molecule has 2 unspecified atom stereocenters. The molecule has 23 heavy (non-hydrogen) atoms. The zero-order valence-electron chi connectivity index (χ0n) is 15.4. The summed E-state index contributed by atoms with van der Waals surface area (Å²) in [7, 11) is 0. The van der Waals surface area contributed by atoms with E-state index in [0.717, 1.165) is 12.0 Å². The topological polar surface area (TPSA) is 18.5 Å². The number of allylic oxidation sites excluding steroid dienone is 2. The van der Waals surface area contributed by atoms with Crippen molar-refractivity contribution in [1.29, 1.82) is 0 Å². The Balaban J connectivity index is 2.23. The van der Waals surface area contributed by atoms with Crippen LogP contribution < -0.4 is 0 Å². The molecule has 0 saturated heterocycles. The molecular weight excluding hydrogens is 284 g/mol. The molecule has 0 amide bonds. The van der Waals surface area contributed by atoms with E-state index < -0.39 is 5.79 Å². The number of rotatable bonds is 9. The molecule has 1 aromatic carbocycles. The van der Waals surface area contributed by atoms with Gasteiger partial charge in [0, 0.05) is 24.7 Å². The summed E-state index contributed by atoms with van der Waals surface area (Å²) in [5.41, 5.74) is 2.85. The molecule has 1 saturated carbocycles. The van der Waals surface area contributed by atoms with Crippen LogP contribution in [0.2, 0.25) is 0 Å². The second-order valence-electron chi connectivity index (χ2n) is 7.13. The molecular formula is C21H32O2. The summed E-state index contributed by atoms with van der Waals surface area (Å²) in [4.78, 5) is 0. The van der Waals surface area contributed by atoms with Gasteiger partial charge in [-0.15, -0.1) is 0 Å². The monoisotopic (exact) mass is 316 g/mol. The van der Waals surface area contributed by atoms with Crippen LogP contribution in [0.5, 0.6) is 0 Å². The normalized spacial score (nSPS) is 23.6. The lowest BCUT2D eigenvalue weighted by Gasteiger charge is -2.36. The Labute approximate surface area is 141 Å². The van der Waals surface area contributed by atoms with Crippen LogP contribution >= 0.6 is 0 Å². The first-order valence-corrected chi connectivity index (χ1v) is 8.95. The Morgan fingerprint density at radius 3 is 2.30 bits per heavy atom. The van der Waals surface area contributed by atoms with Crippen LogP contribution in [-0.2, 0) is 15.3 Å². The van der Waals surface area contributed by atoms with Crippen LogP contribution in [0.1, 0.15) is 59.4 Å². The molecule has 2 atom stereocenters. The first-order valence-electron chi connectivity index (χ1n) is 8.95. The van der Waals surface area contributed by atoms with Crippen molar-refractivity contribution in [3.63, 3.8) is 0 Å². The molecule has 1 aliphatic rings. The van der Waals surface area contributed by atoms with E-state index in [2.05, 4.69) is 65.0 Å². The number of hydrogen-bond acceptors (Lipinski definition) is 2. The first kappa shape index (κ1) is 18.2. The van der Waals surface area contributed by atoms with E-state index in [9.17, 15) is 0 Å². The van der Waals surface area contributed by atoms with Gasteiger partial charge >= 0.3 is 0 Å². The van der Waals surface area contributed by atoms with Crippen LogP contribution in [0.25, 0.3) is 0 Å². The van der Waals surface area contributed by atoms with Crippen LogP contribution in [0, 0.1) is 11.3 Å². The third-order valence-electron chi connectivity index (χ3n) is 4.97. The molecule has 2 nitrogen and oxygen atoms in total. The predicted octanol–water partition coefficient (Wildman–Crippen LogP) is 5.69. The molecule has 1 aliphatic carbocycles. The van der Waals surface area contributed by atoms with Gasteiger partial charge in [0.2, 0.25) is 0 Å². The van der Waals surface area contributed by atoms with Crippen molar-refractivity contribution >= 4 is 0 Å². The number of hydrogen-bond donors (Lipinski definition) is 0. The van der Waals surface area contributed by atoms with Gasteiger partial charge in [-0.05, 0) is 52.4 Å². The maximum atomic E-state index is 6.27. The third kappa shape index (κ3) is 4.05. The highest BCUT2D eigenvalue weighted by atomic mass is 16.7. The standard InChI is InChI=1S/C21H32O2/c1-6-22-21(23-7-2,18-13-9-8-10-14-18)19-16-20(19,5)15-11-12-17(3)4/h8-10,12-14,19H,6-7,11,15-16H2,1-5H3. The van der Waals surface area contributed by atoms with Gasteiger partial charge in [0.1, 0.15) is 0 Å². The Hall–Kier alpha value is -1.12. The molecule has 0 aliphatic heterocycles. The summed E-state index contributed by atoms with van der Waals surface area (Å²) in [5, 5.41) is 0. The third-order valence-corrected chi connectivity index (χ3v) is 4.97. The maximum Gasteiger partial charge on any atom is 0.198 e. The van der Waals surface area contributed by atoms with E-state index in [4.69, 9.17) is 9.47 Å². The van der Waals surface area contributed by atoms with Crippen LogP contribution in [0.15, 0.2) is 42.0 Å². The van der Waals surface area contributed by atoms with Crippen molar-refractivity contribution in [3.8, 4) is 0 Å². The molecule has 0 N–H and O–H groups in total. The zero-order chi connectivity index (χ0) is 16.9. The lowest BCUT2D eigenvalue weighted by molar-refractivity contribution is -0.261. The van der Waals surface area contributed by atoms with Gasteiger partial charge in [-0.1, -0.05) is 48.9 Å². The van der Waals surface area contributed by atoms with Gasteiger partial charge in [-0.2, -0.15) is 0 Å². The van der Waals surface area contributed by atoms with Crippen molar-refractivity contribution in [2.75, 3.05) is 13.2 Å². The molecule has 1 fully saturated rings. The lowest BCUT2D eigenvalue weighted by atomic mass is 9.91. The Morgan fingerprint density at radius 1 is 1.17 bits per heavy atom. The molecule has 0 bridgehead atoms. The molecule has 0 radical (unpaired) electrons. The fraction of sp³-hybridized carbons (Fsp3) is 0.619. The summed E-state index contributed by atoms with van der Waals surface area (Å²) in [5.74, 6) is -0.173. The van der Waals surface area contributed by atoms with Gasteiger partial charge in [0.15, 0.2) is 5.79 Å². The molecule has 0 spiro atoms. The Morgan fingerprint density at radius 2 is 1.78 bits per heavy atom. The van der Waals surface area contributed by atoms with Crippen molar-refractivity contribution < 1.29 is 9.47 Å². The molecule has 2 heteroatoms. The average molecular weight is 316 g/mol. The average Bonchev–Trinajstić information content (AvgIpc) is 3.20. The van der Waals surface area contributed by atoms with E-state index in [-0.39, 0.29) is 0 Å². The SMILES string of the molecule is CCOC(OCC)(c1ccccc1)C1CC1(C)CCC=C(C)C. The van der Waals surface area contributed by atoms with E-state index in [1.54, 1.807) is 0 Å². The smallest absolute Gasteiger partial charge is 0.198 e. The van der Waals surface area contributed by atoms with Crippen LogP contribution in [0.3, 0.4) is 0 Å². The fourth-order valence-electron chi connectivity index (χ4n) is 3.68. The predicted molar refractivity (Wildman–Crippen MR) is 96.3 cm³/mol. The minimum atomic E-state index is -0.593. The molecule has 0 aromatic heterocycles. The van der Waals surface area contributed by atoms with Crippen molar-refractivity contribution in [3.05, 3.63) is 47.5 Å². The van der Waals surface area contributed by atoms with Gasteiger partial charge in [-0.3, -0.25) is 0 Å². The summed E-state index contributed by atoms with van der Waals surface area (Å²) in [6.45, 7) is 12.2. The highest BCUT2D eigenvalue weighted by molar-refractivity contribution is 5.25. The molecule has 0 heterocycles. The summed E-state index contributed by atoms with van der Waals surface area (Å²) >= 11 is 0. The second kappa shape index (κ2) is 7.63. The minimum absolute atomic E-state index is 0.298. The highest BCUT2D eigenvalue weighted by Gasteiger charge is 2.62. The van der Waals surface area contributed by atoms with Crippen molar-refractivity contribution in [1.82, 2.24) is 0 Å². The van der Waals surface area contributed by atoms with Crippen LogP contribution in [0.4, 0.5) is 0 Å². The van der Waals surface area contributed by atoms with Gasteiger partial charge in [0.25, 0.3) is 0 Å². The van der Waals surface area contributed by atoms with E-state index >= 15 is 0 Å². The summed E-state index contributed by atoms with van der Waals surface area (Å²) in [6, 6.07) is 10.5. The van der Waals surface area contributed by atoms with E-state index in [1.807, 2.05) is 6.07 Å². The second-order valence-corrected chi connectivity index (χ2v) is 7.13. The van der Waals surface area contributed by atoms with Gasteiger partial charge < -0.3 is 9.47 Å². The minimum Gasteiger partial charge on any atom is -0.346 e. The number of benzene rings is 1. The summed E-state index contributed by atoms with van der Waals surface area (Å²) < 4.78 is 12.5. The van der Waals surface area contributed by atoms with E-state index in [1.165, 1.54) is 18.4 Å². The summed E-state index contributed by atoms with van der Waals surface area (Å²) in [6.07, 6.45) is 5.83. The Kier molecular flexibility index (Phi) is 6.05. The highest BCUT2D eigenvalue weighted by Crippen LogP contribution is 2.64. The molecule has 1 aromatic rings. The number of ether oxygens (including phenoxy) is 2. The fourth-order valence-corrected chi connectivity index (χ4v) is 3.68.